The molecule has 0 aromatic heterocycles. The van der Waals surface area contributed by atoms with E-state index in [9.17, 15) is 14.4 Å². The van der Waals surface area contributed by atoms with E-state index in [1.165, 1.54) is 141 Å². The number of ether oxygens (including phenoxy) is 3. The Hall–Kier alpha value is -1.85. The van der Waals surface area contributed by atoms with Crippen LogP contribution in [0.3, 0.4) is 0 Å². The van der Waals surface area contributed by atoms with Gasteiger partial charge in [-0.2, -0.15) is 0 Å². The molecule has 0 aliphatic heterocycles. The van der Waals surface area contributed by atoms with Crippen LogP contribution in [-0.2, 0) is 28.6 Å². The fourth-order valence-corrected chi connectivity index (χ4v) is 6.55. The van der Waals surface area contributed by atoms with Gasteiger partial charge in [0.1, 0.15) is 13.2 Å². The molecule has 0 saturated heterocycles. The van der Waals surface area contributed by atoms with Crippen LogP contribution in [-0.4, -0.2) is 37.2 Å². The molecular formula is C46H86O6. The molecule has 0 bridgehead atoms. The van der Waals surface area contributed by atoms with Crippen molar-refractivity contribution in [3.05, 3.63) is 12.2 Å². The van der Waals surface area contributed by atoms with Crippen LogP contribution in [0.15, 0.2) is 12.2 Å². The number of hydrogen-bond acceptors (Lipinski definition) is 6. The van der Waals surface area contributed by atoms with E-state index in [0.717, 1.165) is 64.2 Å². The Bertz CT molecular complexity index is 809. The summed E-state index contributed by atoms with van der Waals surface area (Å²) in [4.78, 5) is 37.6. The molecule has 0 aliphatic rings. The van der Waals surface area contributed by atoms with Gasteiger partial charge in [-0.25, -0.2) is 0 Å². The Kier molecular flexibility index (Phi) is 40.4. The molecule has 0 saturated carbocycles. The molecule has 0 fully saturated rings. The van der Waals surface area contributed by atoms with Gasteiger partial charge in [-0.15, -0.1) is 0 Å². The average Bonchev–Trinajstić information content (AvgIpc) is 3.14. The van der Waals surface area contributed by atoms with Crippen molar-refractivity contribution >= 4 is 17.9 Å². The lowest BCUT2D eigenvalue weighted by Crippen LogP contribution is -2.30. The van der Waals surface area contributed by atoms with Gasteiger partial charge in [-0.05, 0) is 44.9 Å². The third-order valence-electron chi connectivity index (χ3n) is 10.0. The van der Waals surface area contributed by atoms with Crippen molar-refractivity contribution in [1.82, 2.24) is 0 Å². The number of rotatable bonds is 41. The molecule has 0 amide bonds. The molecular weight excluding hydrogens is 648 g/mol. The molecule has 0 aliphatic carbocycles. The van der Waals surface area contributed by atoms with E-state index in [-0.39, 0.29) is 31.1 Å². The van der Waals surface area contributed by atoms with Crippen LogP contribution in [0.1, 0.15) is 245 Å². The minimum Gasteiger partial charge on any atom is -0.462 e. The van der Waals surface area contributed by atoms with Crippen LogP contribution in [0.2, 0.25) is 0 Å². The SMILES string of the molecule is CCCCC/C=C\CCCCCCCC(=O)OC[C@@H](COC(=O)CCCCCCCCCCCC)OC(=O)CCCCCCCCCCCCCC. The Balaban J connectivity index is 4.35. The van der Waals surface area contributed by atoms with E-state index in [1.807, 2.05) is 0 Å². The van der Waals surface area contributed by atoms with E-state index < -0.39 is 6.10 Å². The van der Waals surface area contributed by atoms with Gasteiger partial charge in [-0.1, -0.05) is 193 Å². The number of esters is 3. The van der Waals surface area contributed by atoms with E-state index in [1.54, 1.807) is 0 Å². The zero-order chi connectivity index (χ0) is 38.0. The predicted octanol–water partition coefficient (Wildman–Crippen LogP) is 14.3. The van der Waals surface area contributed by atoms with Crippen LogP contribution in [0.25, 0.3) is 0 Å². The Morgan fingerprint density at radius 3 is 1.00 bits per heavy atom. The molecule has 306 valence electrons. The van der Waals surface area contributed by atoms with Crippen LogP contribution < -0.4 is 0 Å². The van der Waals surface area contributed by atoms with E-state index in [4.69, 9.17) is 14.2 Å². The molecule has 6 nitrogen and oxygen atoms in total. The zero-order valence-corrected chi connectivity index (χ0v) is 34.8. The molecule has 0 unspecified atom stereocenters. The summed E-state index contributed by atoms with van der Waals surface area (Å²) < 4.78 is 16.7. The van der Waals surface area contributed by atoms with Crippen molar-refractivity contribution in [2.75, 3.05) is 13.2 Å². The molecule has 0 spiro atoms. The molecule has 6 heteroatoms. The summed E-state index contributed by atoms with van der Waals surface area (Å²) in [7, 11) is 0. The Morgan fingerprint density at radius 1 is 0.365 bits per heavy atom. The summed E-state index contributed by atoms with van der Waals surface area (Å²) in [6.45, 7) is 6.60. The monoisotopic (exact) mass is 735 g/mol. The largest absolute Gasteiger partial charge is 0.462 e. The second-order valence-electron chi connectivity index (χ2n) is 15.3. The molecule has 52 heavy (non-hydrogen) atoms. The van der Waals surface area contributed by atoms with Gasteiger partial charge in [-0.3, -0.25) is 14.4 Å². The second kappa shape index (κ2) is 41.9. The highest BCUT2D eigenvalue weighted by molar-refractivity contribution is 5.71. The topological polar surface area (TPSA) is 78.9 Å². The Morgan fingerprint density at radius 2 is 0.635 bits per heavy atom. The molecule has 0 heterocycles. The standard InChI is InChI=1S/C46H86O6/c1-4-7-10-13-16-19-22-24-27-30-33-36-39-45(48)51-42-43(41-50-44(47)38-35-32-29-26-21-18-15-12-9-6-3)52-46(49)40-37-34-31-28-25-23-20-17-14-11-8-5-2/h16,19,43H,4-15,17-18,20-42H2,1-3H3/b19-16-/t43-/m1/s1. The van der Waals surface area contributed by atoms with Crippen molar-refractivity contribution in [3.63, 3.8) is 0 Å². The number of unbranched alkanes of at least 4 members (excludes halogenated alkanes) is 28. The number of carbonyl (C=O) groups is 3. The lowest BCUT2D eigenvalue weighted by atomic mass is 10.0. The highest BCUT2D eigenvalue weighted by Gasteiger charge is 2.19. The van der Waals surface area contributed by atoms with Crippen LogP contribution in [0.5, 0.6) is 0 Å². The summed E-state index contributed by atoms with van der Waals surface area (Å²) in [6, 6.07) is 0. The first-order valence-electron chi connectivity index (χ1n) is 22.7. The first-order chi connectivity index (χ1) is 25.5. The van der Waals surface area contributed by atoms with Gasteiger partial charge in [0.15, 0.2) is 6.10 Å². The van der Waals surface area contributed by atoms with Crippen molar-refractivity contribution in [2.24, 2.45) is 0 Å². The van der Waals surface area contributed by atoms with Crippen molar-refractivity contribution in [1.29, 1.82) is 0 Å². The molecule has 0 aromatic carbocycles. The molecule has 0 rings (SSSR count). The lowest BCUT2D eigenvalue weighted by Gasteiger charge is -2.18. The average molecular weight is 735 g/mol. The number of carbonyl (C=O) groups excluding carboxylic acids is 3. The van der Waals surface area contributed by atoms with Crippen molar-refractivity contribution in [3.8, 4) is 0 Å². The quantitative estimate of drug-likeness (QED) is 0.0269. The number of allylic oxidation sites excluding steroid dienone is 2. The summed E-state index contributed by atoms with van der Waals surface area (Å²) in [6.07, 6.45) is 43.3. The summed E-state index contributed by atoms with van der Waals surface area (Å²) in [5.41, 5.74) is 0. The normalized spacial score (nSPS) is 12.0. The lowest BCUT2D eigenvalue weighted by molar-refractivity contribution is -0.167. The highest BCUT2D eigenvalue weighted by Crippen LogP contribution is 2.15. The van der Waals surface area contributed by atoms with Gasteiger partial charge in [0.05, 0.1) is 0 Å². The maximum atomic E-state index is 12.7. The molecule has 0 radical (unpaired) electrons. The van der Waals surface area contributed by atoms with E-state index in [2.05, 4.69) is 32.9 Å². The van der Waals surface area contributed by atoms with Gasteiger partial charge in [0, 0.05) is 19.3 Å². The van der Waals surface area contributed by atoms with Gasteiger partial charge >= 0.3 is 17.9 Å². The van der Waals surface area contributed by atoms with Gasteiger partial charge in [0.2, 0.25) is 0 Å². The summed E-state index contributed by atoms with van der Waals surface area (Å²) >= 11 is 0. The van der Waals surface area contributed by atoms with E-state index >= 15 is 0 Å². The van der Waals surface area contributed by atoms with Crippen LogP contribution >= 0.6 is 0 Å². The third-order valence-corrected chi connectivity index (χ3v) is 10.0. The minimum atomic E-state index is -0.763. The predicted molar refractivity (Wildman–Crippen MR) is 220 cm³/mol. The first-order valence-corrected chi connectivity index (χ1v) is 22.7. The zero-order valence-electron chi connectivity index (χ0n) is 34.8. The van der Waals surface area contributed by atoms with Crippen LogP contribution in [0, 0.1) is 0 Å². The maximum Gasteiger partial charge on any atom is 0.306 e. The molecule has 1 atom stereocenters. The minimum absolute atomic E-state index is 0.0683. The summed E-state index contributed by atoms with van der Waals surface area (Å²) in [5, 5.41) is 0. The maximum absolute atomic E-state index is 12.7. The summed E-state index contributed by atoms with van der Waals surface area (Å²) in [5.74, 6) is -0.872. The molecule has 0 aromatic rings. The highest BCUT2D eigenvalue weighted by atomic mass is 16.6. The van der Waals surface area contributed by atoms with Crippen molar-refractivity contribution in [2.45, 2.75) is 252 Å². The fourth-order valence-electron chi connectivity index (χ4n) is 6.55. The third kappa shape index (κ3) is 39.4. The first kappa shape index (κ1) is 50.1. The Labute approximate surface area is 322 Å². The van der Waals surface area contributed by atoms with Crippen molar-refractivity contribution < 1.29 is 28.6 Å². The van der Waals surface area contributed by atoms with Gasteiger partial charge in [0.25, 0.3) is 0 Å². The van der Waals surface area contributed by atoms with E-state index in [0.29, 0.717) is 19.3 Å². The molecule has 0 N–H and O–H groups in total. The fraction of sp³-hybridized carbons (Fsp3) is 0.891. The van der Waals surface area contributed by atoms with Gasteiger partial charge < -0.3 is 14.2 Å². The number of hydrogen-bond donors (Lipinski definition) is 0. The van der Waals surface area contributed by atoms with Crippen LogP contribution in [0.4, 0.5) is 0 Å². The smallest absolute Gasteiger partial charge is 0.306 e. The second-order valence-corrected chi connectivity index (χ2v) is 15.3.